The zero-order valence-electron chi connectivity index (χ0n) is 8.77. The average molecular weight is 194 g/mol. The lowest BCUT2D eigenvalue weighted by Crippen LogP contribution is -2.31. The Morgan fingerprint density at radius 3 is 2.21 bits per heavy atom. The second-order valence-electron chi connectivity index (χ2n) is 4.15. The predicted molar refractivity (Wildman–Crippen MR) is 56.9 cm³/mol. The van der Waals surface area contributed by atoms with Crippen LogP contribution in [-0.2, 0) is 5.60 Å². The van der Waals surface area contributed by atoms with Gasteiger partial charge in [-0.1, -0.05) is 44.2 Å². The molecule has 1 rings (SSSR count). The van der Waals surface area contributed by atoms with E-state index in [1.807, 2.05) is 44.2 Å². The Morgan fingerprint density at radius 1 is 1.21 bits per heavy atom. The van der Waals surface area contributed by atoms with Gasteiger partial charge in [0.05, 0.1) is 6.61 Å². The summed E-state index contributed by atoms with van der Waals surface area (Å²) in [4.78, 5) is 0. The van der Waals surface area contributed by atoms with Gasteiger partial charge in [0.15, 0.2) is 0 Å². The van der Waals surface area contributed by atoms with Crippen LogP contribution in [0.4, 0.5) is 0 Å². The molecule has 0 heterocycles. The molecule has 0 aliphatic carbocycles. The summed E-state index contributed by atoms with van der Waals surface area (Å²) in [5.41, 5.74) is -0.300. The SMILES string of the molecule is CC(C)CC(O)(CO)c1ccccc1. The first-order chi connectivity index (χ1) is 6.58. The van der Waals surface area contributed by atoms with E-state index in [0.717, 1.165) is 5.56 Å². The van der Waals surface area contributed by atoms with Crippen LogP contribution in [0.2, 0.25) is 0 Å². The highest BCUT2D eigenvalue weighted by Gasteiger charge is 2.28. The Bertz CT molecular complexity index is 269. The molecule has 0 saturated carbocycles. The first-order valence-electron chi connectivity index (χ1n) is 4.97. The van der Waals surface area contributed by atoms with Crippen LogP contribution >= 0.6 is 0 Å². The molecule has 1 unspecified atom stereocenters. The van der Waals surface area contributed by atoms with Gasteiger partial charge in [-0.15, -0.1) is 0 Å². The molecular weight excluding hydrogens is 176 g/mol. The van der Waals surface area contributed by atoms with E-state index in [4.69, 9.17) is 0 Å². The van der Waals surface area contributed by atoms with Crippen LogP contribution in [0.15, 0.2) is 30.3 Å². The number of hydrogen-bond acceptors (Lipinski definition) is 2. The quantitative estimate of drug-likeness (QED) is 0.768. The van der Waals surface area contributed by atoms with Crippen molar-refractivity contribution in [1.82, 2.24) is 0 Å². The second kappa shape index (κ2) is 4.58. The molecule has 14 heavy (non-hydrogen) atoms. The van der Waals surface area contributed by atoms with Gasteiger partial charge in [-0.05, 0) is 17.9 Å². The Labute approximate surface area is 85.2 Å². The summed E-state index contributed by atoms with van der Waals surface area (Å²) in [5, 5.41) is 19.4. The molecule has 0 aromatic heterocycles. The summed E-state index contributed by atoms with van der Waals surface area (Å²) in [5.74, 6) is 0.354. The summed E-state index contributed by atoms with van der Waals surface area (Å²) in [7, 11) is 0. The van der Waals surface area contributed by atoms with E-state index >= 15 is 0 Å². The molecular formula is C12H18O2. The van der Waals surface area contributed by atoms with Crippen molar-refractivity contribution in [2.75, 3.05) is 6.61 Å². The number of hydrogen-bond donors (Lipinski definition) is 2. The minimum Gasteiger partial charge on any atom is -0.393 e. The highest BCUT2D eigenvalue weighted by atomic mass is 16.3. The largest absolute Gasteiger partial charge is 0.393 e. The monoisotopic (exact) mass is 194 g/mol. The van der Waals surface area contributed by atoms with Crippen LogP contribution in [-0.4, -0.2) is 16.8 Å². The van der Waals surface area contributed by atoms with Crippen LogP contribution < -0.4 is 0 Å². The van der Waals surface area contributed by atoms with Crippen LogP contribution in [0, 0.1) is 5.92 Å². The number of aliphatic hydroxyl groups is 2. The van der Waals surface area contributed by atoms with Crippen molar-refractivity contribution in [2.45, 2.75) is 25.9 Å². The first kappa shape index (κ1) is 11.2. The van der Waals surface area contributed by atoms with E-state index in [1.54, 1.807) is 0 Å². The molecule has 0 aliphatic heterocycles. The third-order valence-corrected chi connectivity index (χ3v) is 2.32. The highest BCUT2D eigenvalue weighted by Crippen LogP contribution is 2.27. The fourth-order valence-corrected chi connectivity index (χ4v) is 1.70. The Kier molecular flexibility index (Phi) is 3.67. The number of aliphatic hydroxyl groups excluding tert-OH is 1. The standard InChI is InChI=1S/C12H18O2/c1-10(2)8-12(14,9-13)11-6-4-3-5-7-11/h3-7,10,13-14H,8-9H2,1-2H3. The fourth-order valence-electron chi connectivity index (χ4n) is 1.70. The molecule has 78 valence electrons. The van der Waals surface area contributed by atoms with Gasteiger partial charge in [-0.3, -0.25) is 0 Å². The van der Waals surface area contributed by atoms with E-state index in [0.29, 0.717) is 12.3 Å². The van der Waals surface area contributed by atoms with Crippen molar-refractivity contribution in [2.24, 2.45) is 5.92 Å². The highest BCUT2D eigenvalue weighted by molar-refractivity contribution is 5.22. The van der Waals surface area contributed by atoms with Crippen molar-refractivity contribution in [3.05, 3.63) is 35.9 Å². The van der Waals surface area contributed by atoms with Gasteiger partial charge < -0.3 is 10.2 Å². The minimum atomic E-state index is -1.09. The topological polar surface area (TPSA) is 40.5 Å². The first-order valence-corrected chi connectivity index (χ1v) is 4.97. The Balaban J connectivity index is 2.90. The van der Waals surface area contributed by atoms with Crippen LogP contribution in [0.3, 0.4) is 0 Å². The summed E-state index contributed by atoms with van der Waals surface area (Å²) in [6.45, 7) is 3.84. The summed E-state index contributed by atoms with van der Waals surface area (Å²) >= 11 is 0. The van der Waals surface area contributed by atoms with Crippen LogP contribution in [0.1, 0.15) is 25.8 Å². The lowest BCUT2D eigenvalue weighted by molar-refractivity contribution is -0.0352. The summed E-state index contributed by atoms with van der Waals surface area (Å²) in [6, 6.07) is 9.33. The molecule has 0 spiro atoms. The molecule has 1 aromatic rings. The van der Waals surface area contributed by atoms with Gasteiger partial charge in [0, 0.05) is 0 Å². The average Bonchev–Trinajstić information content (AvgIpc) is 2.18. The maximum Gasteiger partial charge on any atom is 0.113 e. The van der Waals surface area contributed by atoms with Gasteiger partial charge in [0.2, 0.25) is 0 Å². The zero-order chi connectivity index (χ0) is 10.6. The van der Waals surface area contributed by atoms with E-state index < -0.39 is 5.60 Å². The van der Waals surface area contributed by atoms with Gasteiger partial charge in [0.1, 0.15) is 5.60 Å². The maximum absolute atomic E-state index is 10.2. The van der Waals surface area contributed by atoms with Crippen molar-refractivity contribution >= 4 is 0 Å². The summed E-state index contributed by atoms with van der Waals surface area (Å²) < 4.78 is 0. The molecule has 0 saturated heterocycles. The molecule has 1 atom stereocenters. The van der Waals surface area contributed by atoms with E-state index in [-0.39, 0.29) is 6.61 Å². The fraction of sp³-hybridized carbons (Fsp3) is 0.500. The molecule has 0 bridgehead atoms. The number of benzene rings is 1. The molecule has 0 aliphatic rings. The molecule has 1 aromatic carbocycles. The van der Waals surface area contributed by atoms with E-state index in [9.17, 15) is 10.2 Å². The Hall–Kier alpha value is -0.860. The Morgan fingerprint density at radius 2 is 1.79 bits per heavy atom. The van der Waals surface area contributed by atoms with Gasteiger partial charge in [-0.2, -0.15) is 0 Å². The van der Waals surface area contributed by atoms with Gasteiger partial charge in [-0.25, -0.2) is 0 Å². The second-order valence-corrected chi connectivity index (χ2v) is 4.15. The third-order valence-electron chi connectivity index (χ3n) is 2.32. The molecule has 2 N–H and O–H groups in total. The normalized spacial score (nSPS) is 15.5. The molecule has 0 amide bonds. The maximum atomic E-state index is 10.2. The number of rotatable bonds is 4. The molecule has 2 heteroatoms. The van der Waals surface area contributed by atoms with E-state index in [1.165, 1.54) is 0 Å². The van der Waals surface area contributed by atoms with Crippen LogP contribution in [0.5, 0.6) is 0 Å². The van der Waals surface area contributed by atoms with Crippen molar-refractivity contribution in [1.29, 1.82) is 0 Å². The zero-order valence-corrected chi connectivity index (χ0v) is 8.77. The predicted octanol–water partition coefficient (Wildman–Crippen LogP) is 1.91. The lowest BCUT2D eigenvalue weighted by Gasteiger charge is -2.28. The van der Waals surface area contributed by atoms with Gasteiger partial charge >= 0.3 is 0 Å². The van der Waals surface area contributed by atoms with Crippen molar-refractivity contribution < 1.29 is 10.2 Å². The smallest absolute Gasteiger partial charge is 0.113 e. The lowest BCUT2D eigenvalue weighted by atomic mass is 9.86. The third kappa shape index (κ3) is 2.56. The van der Waals surface area contributed by atoms with E-state index in [2.05, 4.69) is 0 Å². The van der Waals surface area contributed by atoms with Crippen molar-refractivity contribution in [3.8, 4) is 0 Å². The van der Waals surface area contributed by atoms with Gasteiger partial charge in [0.25, 0.3) is 0 Å². The summed E-state index contributed by atoms with van der Waals surface area (Å²) in [6.07, 6.45) is 0.577. The molecule has 0 fully saturated rings. The van der Waals surface area contributed by atoms with Crippen LogP contribution in [0.25, 0.3) is 0 Å². The molecule has 0 radical (unpaired) electrons. The van der Waals surface area contributed by atoms with Crippen molar-refractivity contribution in [3.63, 3.8) is 0 Å². The molecule has 2 nitrogen and oxygen atoms in total. The minimum absolute atomic E-state index is 0.227.